The number of hydrogen-bond acceptors (Lipinski definition) is 4. The lowest BCUT2D eigenvalue weighted by molar-refractivity contribution is -0.0232. The molecule has 1 aliphatic carbocycles. The van der Waals surface area contributed by atoms with Crippen molar-refractivity contribution in [2.45, 2.75) is 50.4 Å². The zero-order valence-electron chi connectivity index (χ0n) is 12.1. The number of aliphatic hydroxyl groups is 1. The highest BCUT2D eigenvalue weighted by atomic mass is 16.5. The minimum atomic E-state index is -0.638. The molecule has 1 fully saturated rings. The molecule has 4 nitrogen and oxygen atoms in total. The molecule has 0 aliphatic heterocycles. The molecule has 3 N–H and O–H groups in total. The zero-order chi connectivity index (χ0) is 14.4. The lowest BCUT2D eigenvalue weighted by Crippen LogP contribution is -2.36. The van der Waals surface area contributed by atoms with Crippen molar-refractivity contribution in [1.29, 1.82) is 0 Å². The highest BCUT2D eigenvalue weighted by molar-refractivity contribution is 5.29. The Kier molecular flexibility index (Phi) is 5.83. The molecule has 3 unspecified atom stereocenters. The molecule has 0 heterocycles. The van der Waals surface area contributed by atoms with Gasteiger partial charge < -0.3 is 20.3 Å². The Hall–Kier alpha value is -1.10. The van der Waals surface area contributed by atoms with Gasteiger partial charge in [-0.05, 0) is 30.5 Å². The van der Waals surface area contributed by atoms with Gasteiger partial charge in [0.1, 0.15) is 11.9 Å². The molecule has 0 spiro atoms. The molecule has 0 amide bonds. The van der Waals surface area contributed by atoms with Gasteiger partial charge in [0.2, 0.25) is 0 Å². The van der Waals surface area contributed by atoms with Gasteiger partial charge in [0.15, 0.2) is 0 Å². The summed E-state index contributed by atoms with van der Waals surface area (Å²) in [6.45, 7) is 0.283. The summed E-state index contributed by atoms with van der Waals surface area (Å²) < 4.78 is 11.0. The fourth-order valence-electron chi connectivity index (χ4n) is 2.67. The van der Waals surface area contributed by atoms with E-state index >= 15 is 0 Å². The number of benzene rings is 1. The third-order valence-corrected chi connectivity index (χ3v) is 3.95. The SMILES string of the molecule is COc1cccc(C(O)COC2CCCCCC2N)c1. The first-order valence-corrected chi connectivity index (χ1v) is 7.40. The summed E-state index contributed by atoms with van der Waals surface area (Å²) in [5.74, 6) is 0.743. The standard InChI is InChI=1S/C16H25NO3/c1-19-13-7-5-6-12(10-13)15(18)11-20-16-9-4-2-3-8-14(16)17/h5-7,10,14-16,18H,2-4,8-9,11,17H2,1H3. The van der Waals surface area contributed by atoms with E-state index in [9.17, 15) is 5.11 Å². The van der Waals surface area contributed by atoms with E-state index in [2.05, 4.69) is 0 Å². The van der Waals surface area contributed by atoms with Crippen LogP contribution >= 0.6 is 0 Å². The van der Waals surface area contributed by atoms with Crippen LogP contribution in [0.3, 0.4) is 0 Å². The van der Waals surface area contributed by atoms with Crippen LogP contribution in [0.5, 0.6) is 5.75 Å². The first-order chi connectivity index (χ1) is 9.70. The number of methoxy groups -OCH3 is 1. The maximum atomic E-state index is 10.2. The topological polar surface area (TPSA) is 64.7 Å². The van der Waals surface area contributed by atoms with Crippen molar-refractivity contribution in [1.82, 2.24) is 0 Å². The Balaban J connectivity index is 1.88. The summed E-state index contributed by atoms with van der Waals surface area (Å²) in [7, 11) is 1.62. The highest BCUT2D eigenvalue weighted by Crippen LogP contribution is 2.23. The fourth-order valence-corrected chi connectivity index (χ4v) is 2.67. The van der Waals surface area contributed by atoms with Crippen molar-refractivity contribution in [3.63, 3.8) is 0 Å². The van der Waals surface area contributed by atoms with Crippen molar-refractivity contribution in [2.24, 2.45) is 5.73 Å². The van der Waals surface area contributed by atoms with Crippen LogP contribution in [0.4, 0.5) is 0 Å². The maximum Gasteiger partial charge on any atom is 0.119 e. The molecule has 20 heavy (non-hydrogen) atoms. The second-order valence-electron chi connectivity index (χ2n) is 5.47. The molecule has 0 saturated heterocycles. The summed E-state index contributed by atoms with van der Waals surface area (Å²) in [6.07, 6.45) is 5.00. The Bertz CT molecular complexity index is 410. The third kappa shape index (κ3) is 4.20. The van der Waals surface area contributed by atoms with Gasteiger partial charge in [0.25, 0.3) is 0 Å². The average Bonchev–Trinajstić information content (AvgIpc) is 2.69. The van der Waals surface area contributed by atoms with Gasteiger partial charge in [-0.2, -0.15) is 0 Å². The van der Waals surface area contributed by atoms with Crippen molar-refractivity contribution >= 4 is 0 Å². The van der Waals surface area contributed by atoms with Gasteiger partial charge in [-0.3, -0.25) is 0 Å². The van der Waals surface area contributed by atoms with Crippen LogP contribution < -0.4 is 10.5 Å². The van der Waals surface area contributed by atoms with Crippen molar-refractivity contribution in [2.75, 3.05) is 13.7 Å². The van der Waals surface area contributed by atoms with Crippen LogP contribution in [0.2, 0.25) is 0 Å². The molecule has 4 heteroatoms. The van der Waals surface area contributed by atoms with Crippen LogP contribution in [0, 0.1) is 0 Å². The Labute approximate surface area is 120 Å². The number of nitrogens with two attached hydrogens (primary N) is 1. The summed E-state index contributed by atoms with van der Waals surface area (Å²) in [5.41, 5.74) is 6.93. The Morgan fingerprint density at radius 1 is 1.30 bits per heavy atom. The summed E-state index contributed by atoms with van der Waals surface area (Å²) in [4.78, 5) is 0. The van der Waals surface area contributed by atoms with E-state index < -0.39 is 6.10 Å². The van der Waals surface area contributed by atoms with E-state index in [0.29, 0.717) is 0 Å². The molecular weight excluding hydrogens is 254 g/mol. The van der Waals surface area contributed by atoms with Crippen molar-refractivity contribution < 1.29 is 14.6 Å². The largest absolute Gasteiger partial charge is 0.497 e. The van der Waals surface area contributed by atoms with Crippen molar-refractivity contribution in [3.05, 3.63) is 29.8 Å². The lowest BCUT2D eigenvalue weighted by atomic mass is 10.1. The van der Waals surface area contributed by atoms with Crippen LogP contribution in [-0.2, 0) is 4.74 Å². The van der Waals surface area contributed by atoms with E-state index in [4.69, 9.17) is 15.2 Å². The van der Waals surface area contributed by atoms with Crippen LogP contribution in [0.25, 0.3) is 0 Å². The molecule has 0 aromatic heterocycles. The highest BCUT2D eigenvalue weighted by Gasteiger charge is 2.22. The van der Waals surface area contributed by atoms with Crippen molar-refractivity contribution in [3.8, 4) is 5.75 Å². The zero-order valence-corrected chi connectivity index (χ0v) is 12.1. The normalized spacial score (nSPS) is 24.9. The second-order valence-corrected chi connectivity index (χ2v) is 5.47. The van der Waals surface area contributed by atoms with E-state index in [0.717, 1.165) is 30.6 Å². The van der Waals surface area contributed by atoms with Crippen LogP contribution in [0.1, 0.15) is 43.8 Å². The van der Waals surface area contributed by atoms with Gasteiger partial charge in [0, 0.05) is 6.04 Å². The van der Waals surface area contributed by atoms with E-state index in [1.165, 1.54) is 12.8 Å². The fraction of sp³-hybridized carbons (Fsp3) is 0.625. The molecule has 112 valence electrons. The van der Waals surface area contributed by atoms with E-state index in [1.807, 2.05) is 24.3 Å². The predicted octanol–water partition coefficient (Wildman–Crippen LogP) is 2.41. The lowest BCUT2D eigenvalue weighted by Gasteiger charge is -2.23. The molecule has 0 bridgehead atoms. The van der Waals surface area contributed by atoms with Gasteiger partial charge in [-0.1, -0.05) is 31.4 Å². The predicted molar refractivity (Wildman–Crippen MR) is 78.8 cm³/mol. The molecular formula is C16H25NO3. The molecule has 0 radical (unpaired) electrons. The van der Waals surface area contributed by atoms with Gasteiger partial charge in [0.05, 0.1) is 19.8 Å². The quantitative estimate of drug-likeness (QED) is 0.812. The summed E-state index contributed by atoms with van der Waals surface area (Å²) >= 11 is 0. The Morgan fingerprint density at radius 2 is 2.10 bits per heavy atom. The minimum Gasteiger partial charge on any atom is -0.497 e. The monoisotopic (exact) mass is 279 g/mol. The number of ether oxygens (including phenoxy) is 2. The second kappa shape index (κ2) is 7.62. The number of hydrogen-bond donors (Lipinski definition) is 2. The van der Waals surface area contributed by atoms with Crippen LogP contribution in [-0.4, -0.2) is 31.0 Å². The van der Waals surface area contributed by atoms with Gasteiger partial charge in [-0.25, -0.2) is 0 Å². The van der Waals surface area contributed by atoms with Gasteiger partial charge >= 0.3 is 0 Å². The van der Waals surface area contributed by atoms with Crippen LogP contribution in [0.15, 0.2) is 24.3 Å². The summed E-state index contributed by atoms with van der Waals surface area (Å²) in [6, 6.07) is 7.53. The first kappa shape index (κ1) is 15.3. The molecule has 1 aliphatic rings. The number of rotatable bonds is 5. The van der Waals surface area contributed by atoms with Gasteiger partial charge in [-0.15, -0.1) is 0 Å². The van der Waals surface area contributed by atoms with E-state index in [1.54, 1.807) is 7.11 Å². The molecule has 1 aromatic rings. The molecule has 2 rings (SSSR count). The first-order valence-electron chi connectivity index (χ1n) is 7.40. The number of aliphatic hydroxyl groups excluding tert-OH is 1. The maximum absolute atomic E-state index is 10.2. The average molecular weight is 279 g/mol. The molecule has 1 aromatic carbocycles. The molecule has 1 saturated carbocycles. The smallest absolute Gasteiger partial charge is 0.119 e. The third-order valence-electron chi connectivity index (χ3n) is 3.95. The summed E-state index contributed by atoms with van der Waals surface area (Å²) in [5, 5.41) is 10.2. The molecule has 3 atom stereocenters. The van der Waals surface area contributed by atoms with E-state index in [-0.39, 0.29) is 18.8 Å². The Morgan fingerprint density at radius 3 is 2.90 bits per heavy atom. The minimum absolute atomic E-state index is 0.0674.